The average molecular weight is 229 g/mol. The van der Waals surface area contributed by atoms with Gasteiger partial charge in [0.1, 0.15) is 11.9 Å². The molecule has 0 aliphatic carbocycles. The summed E-state index contributed by atoms with van der Waals surface area (Å²) >= 11 is 0. The molecule has 0 radical (unpaired) electrons. The van der Waals surface area contributed by atoms with Gasteiger partial charge in [-0.2, -0.15) is 0 Å². The molecular weight excluding hydrogens is 206 g/mol. The van der Waals surface area contributed by atoms with E-state index in [1.54, 1.807) is 4.90 Å². The fourth-order valence-corrected chi connectivity index (χ4v) is 1.15. The second-order valence-corrected chi connectivity index (χ2v) is 4.42. The third kappa shape index (κ3) is 5.73. The molecule has 0 aromatic carbocycles. The number of aldehydes is 1. The van der Waals surface area contributed by atoms with Gasteiger partial charge < -0.3 is 14.4 Å². The first-order chi connectivity index (χ1) is 7.46. The summed E-state index contributed by atoms with van der Waals surface area (Å²) in [6.45, 7) is 8.81. The van der Waals surface area contributed by atoms with Gasteiger partial charge in [0.05, 0.1) is 0 Å². The number of ether oxygens (including phenoxy) is 1. The van der Waals surface area contributed by atoms with Crippen molar-refractivity contribution in [3.63, 3.8) is 0 Å². The first kappa shape index (κ1) is 14.9. The summed E-state index contributed by atoms with van der Waals surface area (Å²) < 4.78 is 5.37. The summed E-state index contributed by atoms with van der Waals surface area (Å²) in [4.78, 5) is 23.7. The van der Waals surface area contributed by atoms with Gasteiger partial charge in [-0.1, -0.05) is 13.8 Å². The Morgan fingerprint density at radius 2 is 1.94 bits per heavy atom. The maximum absolute atomic E-state index is 11.8. The van der Waals surface area contributed by atoms with Crippen molar-refractivity contribution in [2.24, 2.45) is 0 Å². The second-order valence-electron chi connectivity index (χ2n) is 4.42. The molecule has 0 atom stereocenters. The molecule has 0 saturated carbocycles. The largest absolute Gasteiger partial charge is 0.443 e. The molecule has 0 aromatic heterocycles. The molecule has 0 fully saturated rings. The monoisotopic (exact) mass is 229 g/mol. The molecule has 0 aromatic rings. The van der Waals surface area contributed by atoms with Crippen LogP contribution in [0.15, 0.2) is 0 Å². The predicted octanol–water partition coefficient (Wildman–Crippen LogP) is 2.61. The number of rotatable bonds is 7. The van der Waals surface area contributed by atoms with Crippen LogP contribution in [0.5, 0.6) is 0 Å². The van der Waals surface area contributed by atoms with Crippen LogP contribution in [0.3, 0.4) is 0 Å². The SMILES string of the molecule is CCCN(CCC=O)C(=O)OC(C)(C)CC. The first-order valence-electron chi connectivity index (χ1n) is 5.88. The summed E-state index contributed by atoms with van der Waals surface area (Å²) in [5.41, 5.74) is -0.440. The van der Waals surface area contributed by atoms with E-state index < -0.39 is 5.60 Å². The van der Waals surface area contributed by atoms with Crippen molar-refractivity contribution in [1.82, 2.24) is 4.90 Å². The lowest BCUT2D eigenvalue weighted by Crippen LogP contribution is -2.39. The highest BCUT2D eigenvalue weighted by Gasteiger charge is 2.23. The molecule has 0 bridgehead atoms. The van der Waals surface area contributed by atoms with E-state index >= 15 is 0 Å². The van der Waals surface area contributed by atoms with E-state index in [2.05, 4.69) is 0 Å². The van der Waals surface area contributed by atoms with Gasteiger partial charge in [-0.3, -0.25) is 0 Å². The van der Waals surface area contributed by atoms with Crippen molar-refractivity contribution in [2.75, 3.05) is 13.1 Å². The number of carbonyl (C=O) groups is 2. The molecule has 4 nitrogen and oxygen atoms in total. The minimum absolute atomic E-state index is 0.324. The van der Waals surface area contributed by atoms with E-state index in [4.69, 9.17) is 4.74 Å². The molecule has 0 aliphatic rings. The van der Waals surface area contributed by atoms with Crippen LogP contribution in [0.4, 0.5) is 4.79 Å². The molecule has 0 heterocycles. The number of hydrogen-bond donors (Lipinski definition) is 0. The highest BCUT2D eigenvalue weighted by Crippen LogP contribution is 2.15. The molecule has 0 rings (SSSR count). The normalized spacial score (nSPS) is 11.0. The van der Waals surface area contributed by atoms with Crippen molar-refractivity contribution in [2.45, 2.75) is 52.6 Å². The lowest BCUT2D eigenvalue weighted by atomic mass is 10.1. The zero-order valence-corrected chi connectivity index (χ0v) is 10.8. The summed E-state index contributed by atoms with van der Waals surface area (Å²) in [5, 5.41) is 0. The standard InChI is InChI=1S/C12H23NO3/c1-5-8-13(9-7-10-14)11(15)16-12(3,4)6-2/h10H,5-9H2,1-4H3. The molecule has 0 saturated heterocycles. The molecule has 94 valence electrons. The van der Waals surface area contributed by atoms with Crippen molar-refractivity contribution >= 4 is 12.4 Å². The van der Waals surface area contributed by atoms with Crippen LogP contribution < -0.4 is 0 Å². The highest BCUT2D eigenvalue weighted by molar-refractivity contribution is 5.68. The predicted molar refractivity (Wildman–Crippen MR) is 63.4 cm³/mol. The summed E-state index contributed by atoms with van der Waals surface area (Å²) in [5.74, 6) is 0. The van der Waals surface area contributed by atoms with Gasteiger partial charge in [0, 0.05) is 19.5 Å². The smallest absolute Gasteiger partial charge is 0.410 e. The lowest BCUT2D eigenvalue weighted by molar-refractivity contribution is -0.108. The number of carbonyl (C=O) groups excluding carboxylic acids is 2. The molecule has 0 N–H and O–H groups in total. The molecule has 0 unspecified atom stereocenters. The zero-order valence-electron chi connectivity index (χ0n) is 10.8. The minimum Gasteiger partial charge on any atom is -0.443 e. The van der Waals surface area contributed by atoms with Gasteiger partial charge in [0.2, 0.25) is 0 Å². The van der Waals surface area contributed by atoms with Crippen molar-refractivity contribution in [3.05, 3.63) is 0 Å². The Kier molecular flexibility index (Phi) is 6.77. The Hall–Kier alpha value is -1.06. The van der Waals surface area contributed by atoms with Crippen LogP contribution in [0.1, 0.15) is 47.0 Å². The Labute approximate surface area is 98.0 Å². The van der Waals surface area contributed by atoms with Gasteiger partial charge in [-0.25, -0.2) is 4.79 Å². The van der Waals surface area contributed by atoms with Crippen LogP contribution in [-0.2, 0) is 9.53 Å². The van der Waals surface area contributed by atoms with Crippen LogP contribution in [0.2, 0.25) is 0 Å². The molecule has 4 heteroatoms. The fourth-order valence-electron chi connectivity index (χ4n) is 1.15. The van der Waals surface area contributed by atoms with E-state index in [0.717, 1.165) is 19.1 Å². The Morgan fingerprint density at radius 3 is 2.38 bits per heavy atom. The highest BCUT2D eigenvalue weighted by atomic mass is 16.6. The Bertz CT molecular complexity index is 226. The maximum Gasteiger partial charge on any atom is 0.410 e. The van der Waals surface area contributed by atoms with E-state index in [0.29, 0.717) is 19.5 Å². The molecule has 16 heavy (non-hydrogen) atoms. The number of nitrogens with zero attached hydrogens (tertiary/aromatic N) is 1. The van der Waals surface area contributed by atoms with Gasteiger partial charge in [0.15, 0.2) is 0 Å². The summed E-state index contributed by atoms with van der Waals surface area (Å²) in [6, 6.07) is 0. The van der Waals surface area contributed by atoms with Crippen LogP contribution >= 0.6 is 0 Å². The van der Waals surface area contributed by atoms with E-state index in [-0.39, 0.29) is 6.09 Å². The van der Waals surface area contributed by atoms with E-state index in [9.17, 15) is 9.59 Å². The Morgan fingerprint density at radius 1 is 1.31 bits per heavy atom. The van der Waals surface area contributed by atoms with Crippen molar-refractivity contribution in [1.29, 1.82) is 0 Å². The van der Waals surface area contributed by atoms with E-state index in [1.807, 2.05) is 27.7 Å². The number of hydrogen-bond acceptors (Lipinski definition) is 3. The molecular formula is C12H23NO3. The third-order valence-electron chi connectivity index (χ3n) is 2.48. The van der Waals surface area contributed by atoms with Crippen LogP contribution in [0, 0.1) is 0 Å². The van der Waals surface area contributed by atoms with E-state index in [1.165, 1.54) is 0 Å². The van der Waals surface area contributed by atoms with Gasteiger partial charge in [0.25, 0.3) is 0 Å². The fraction of sp³-hybridized carbons (Fsp3) is 0.833. The maximum atomic E-state index is 11.8. The molecule has 0 aliphatic heterocycles. The lowest BCUT2D eigenvalue weighted by Gasteiger charge is -2.28. The second kappa shape index (κ2) is 7.25. The topological polar surface area (TPSA) is 46.6 Å². The van der Waals surface area contributed by atoms with Gasteiger partial charge in [-0.05, 0) is 26.7 Å². The van der Waals surface area contributed by atoms with Crippen molar-refractivity contribution < 1.29 is 14.3 Å². The summed E-state index contributed by atoms with van der Waals surface area (Å²) in [7, 11) is 0. The number of amides is 1. The molecule has 1 amide bonds. The zero-order chi connectivity index (χ0) is 12.6. The van der Waals surface area contributed by atoms with Crippen LogP contribution in [-0.4, -0.2) is 36.0 Å². The van der Waals surface area contributed by atoms with Gasteiger partial charge >= 0.3 is 6.09 Å². The van der Waals surface area contributed by atoms with Gasteiger partial charge in [-0.15, -0.1) is 0 Å². The third-order valence-corrected chi connectivity index (χ3v) is 2.48. The van der Waals surface area contributed by atoms with Crippen molar-refractivity contribution in [3.8, 4) is 0 Å². The minimum atomic E-state index is -0.440. The van der Waals surface area contributed by atoms with Crippen LogP contribution in [0.25, 0.3) is 0 Å². The quantitative estimate of drug-likeness (QED) is 0.630. The first-order valence-corrected chi connectivity index (χ1v) is 5.88. The Balaban J connectivity index is 4.31. The average Bonchev–Trinajstić information content (AvgIpc) is 2.23. The molecule has 0 spiro atoms. The summed E-state index contributed by atoms with van der Waals surface area (Å²) in [6.07, 6.45) is 2.49.